The highest BCUT2D eigenvalue weighted by Crippen LogP contribution is 2.34. The quantitative estimate of drug-likeness (QED) is 0.311. The summed E-state index contributed by atoms with van der Waals surface area (Å²) in [5, 5.41) is 23.8. The monoisotopic (exact) mass is 520 g/mol. The smallest absolute Gasteiger partial charge is 0.286 e. The van der Waals surface area contributed by atoms with Gasteiger partial charge in [-0.2, -0.15) is 0 Å². The van der Waals surface area contributed by atoms with Crippen molar-refractivity contribution >= 4 is 28.6 Å². The summed E-state index contributed by atoms with van der Waals surface area (Å²) in [6, 6.07) is 18.2. The van der Waals surface area contributed by atoms with Gasteiger partial charge in [0, 0.05) is 12.2 Å². The molecule has 7 nitrogen and oxygen atoms in total. The van der Waals surface area contributed by atoms with Gasteiger partial charge in [0.15, 0.2) is 0 Å². The van der Waals surface area contributed by atoms with Crippen molar-refractivity contribution in [1.29, 1.82) is 0 Å². The van der Waals surface area contributed by atoms with E-state index < -0.39 is 6.10 Å². The van der Waals surface area contributed by atoms with Crippen LogP contribution < -0.4 is 15.4 Å². The molecule has 4 N–H and O–H groups in total. The van der Waals surface area contributed by atoms with Crippen LogP contribution in [0.25, 0.3) is 11.1 Å². The van der Waals surface area contributed by atoms with Crippen LogP contribution in [-0.2, 0) is 17.8 Å². The fraction of sp³-hybridized carbons (Fsp3) is 0.310. The van der Waals surface area contributed by atoms with Crippen LogP contribution in [-0.4, -0.2) is 45.9 Å². The van der Waals surface area contributed by atoms with E-state index in [1.807, 2.05) is 50.2 Å². The number of ether oxygens (including phenoxy) is 1. The first-order valence-electron chi connectivity index (χ1n) is 12.2. The number of benzene rings is 3. The van der Waals surface area contributed by atoms with Gasteiger partial charge in [-0.1, -0.05) is 42.1 Å². The maximum atomic E-state index is 11.8. The van der Waals surface area contributed by atoms with Crippen LogP contribution in [0.4, 0.5) is 10.5 Å². The molecule has 4 rings (SSSR count). The molecule has 194 valence electrons. The molecule has 3 aromatic rings. The number of anilines is 1. The lowest BCUT2D eigenvalue weighted by molar-refractivity contribution is -0.118. The van der Waals surface area contributed by atoms with Gasteiger partial charge in [-0.15, -0.1) is 0 Å². The molecule has 0 spiro atoms. The molecule has 1 fully saturated rings. The van der Waals surface area contributed by atoms with Crippen LogP contribution in [0.2, 0.25) is 0 Å². The third kappa shape index (κ3) is 6.52. The number of hydrogen-bond acceptors (Lipinski definition) is 7. The van der Waals surface area contributed by atoms with E-state index in [2.05, 4.69) is 35.8 Å². The molecule has 0 radical (unpaired) electrons. The highest BCUT2D eigenvalue weighted by atomic mass is 32.2. The zero-order valence-electron chi connectivity index (χ0n) is 21.2. The Kier molecular flexibility index (Phi) is 8.53. The lowest BCUT2D eigenvalue weighted by Crippen LogP contribution is -2.25. The van der Waals surface area contributed by atoms with E-state index in [1.165, 1.54) is 11.1 Å². The molecule has 2 amide bonds. The highest BCUT2D eigenvalue weighted by Gasteiger charge is 2.31. The van der Waals surface area contributed by atoms with Crippen LogP contribution >= 0.6 is 11.8 Å². The number of carbonyl (C=O) groups is 2. The zero-order chi connectivity index (χ0) is 26.5. The highest BCUT2D eigenvalue weighted by molar-refractivity contribution is 8.15. The van der Waals surface area contributed by atoms with Crippen molar-refractivity contribution in [2.24, 2.45) is 0 Å². The maximum Gasteiger partial charge on any atom is 0.286 e. The standard InChI is InChI=1S/C29H32N2O5S/c1-17-11-24(36-16-23(33)15-32)12-18(2)27(17)25-6-4-5-21(19(25)3)14-30-22-9-7-20(8-10-22)13-26-28(34)31-29(35)37-26/h4-12,23,26,30,32-33H,13-16H2,1-3H3,(H,31,34,35)/t23-,26?/m0/s1. The summed E-state index contributed by atoms with van der Waals surface area (Å²) >= 11 is 1.05. The van der Waals surface area contributed by atoms with Crippen LogP contribution in [0.15, 0.2) is 54.6 Å². The SMILES string of the molecule is Cc1cc(OC[C@@H](O)CO)cc(C)c1-c1cccc(CNc2ccc(CC3SC(=O)NC3=O)cc2)c1C. The zero-order valence-corrected chi connectivity index (χ0v) is 22.0. The van der Waals surface area contributed by atoms with Gasteiger partial charge in [0.25, 0.3) is 5.24 Å². The molecular weight excluding hydrogens is 488 g/mol. The second-order valence-electron chi connectivity index (χ2n) is 9.31. The number of aliphatic hydroxyl groups is 2. The summed E-state index contributed by atoms with van der Waals surface area (Å²) in [6.45, 7) is 6.60. The van der Waals surface area contributed by atoms with Gasteiger partial charge in [0.05, 0.1) is 11.9 Å². The Hall–Kier alpha value is -3.33. The molecule has 1 unspecified atom stereocenters. The summed E-state index contributed by atoms with van der Waals surface area (Å²) in [5.74, 6) is 0.449. The second-order valence-corrected chi connectivity index (χ2v) is 10.5. The summed E-state index contributed by atoms with van der Waals surface area (Å²) < 4.78 is 5.65. The summed E-state index contributed by atoms with van der Waals surface area (Å²) in [4.78, 5) is 23.2. The van der Waals surface area contributed by atoms with Crippen molar-refractivity contribution in [2.45, 2.75) is 45.1 Å². The summed E-state index contributed by atoms with van der Waals surface area (Å²) in [5.41, 5.74) is 8.84. The molecule has 1 aliphatic rings. The molecule has 1 saturated heterocycles. The predicted octanol–water partition coefficient (Wildman–Crippen LogP) is 4.52. The number of carbonyl (C=O) groups excluding carboxylic acids is 2. The Balaban J connectivity index is 1.44. The van der Waals surface area contributed by atoms with Crippen LogP contribution in [0.1, 0.15) is 27.8 Å². The van der Waals surface area contributed by atoms with E-state index in [1.54, 1.807) is 0 Å². The van der Waals surface area contributed by atoms with E-state index in [9.17, 15) is 14.7 Å². The molecule has 0 aliphatic carbocycles. The van der Waals surface area contributed by atoms with Crippen LogP contribution in [0.3, 0.4) is 0 Å². The number of hydrogen-bond donors (Lipinski definition) is 4. The second kappa shape index (κ2) is 11.8. The first-order chi connectivity index (χ1) is 17.7. The van der Waals surface area contributed by atoms with Gasteiger partial charge < -0.3 is 20.3 Å². The van der Waals surface area contributed by atoms with E-state index in [0.29, 0.717) is 18.7 Å². The largest absolute Gasteiger partial charge is 0.491 e. The number of amides is 2. The molecule has 0 saturated carbocycles. The third-order valence-corrected chi connectivity index (χ3v) is 7.48. The minimum absolute atomic E-state index is 0.0461. The number of nitrogens with one attached hydrogen (secondary N) is 2. The molecule has 8 heteroatoms. The Morgan fingerprint density at radius 3 is 2.38 bits per heavy atom. The van der Waals surface area contributed by atoms with Crippen molar-refractivity contribution in [3.8, 4) is 16.9 Å². The number of aryl methyl sites for hydroxylation is 2. The third-order valence-electron chi connectivity index (χ3n) is 6.50. The Morgan fingerprint density at radius 1 is 1.05 bits per heavy atom. The first-order valence-corrected chi connectivity index (χ1v) is 13.1. The molecule has 2 atom stereocenters. The van der Waals surface area contributed by atoms with Gasteiger partial charge in [0.2, 0.25) is 5.91 Å². The van der Waals surface area contributed by atoms with Crippen molar-refractivity contribution in [3.63, 3.8) is 0 Å². The first kappa shape index (κ1) is 26.7. The van der Waals surface area contributed by atoms with Gasteiger partial charge in [-0.3, -0.25) is 14.9 Å². The van der Waals surface area contributed by atoms with Crippen molar-refractivity contribution in [1.82, 2.24) is 5.32 Å². The van der Waals surface area contributed by atoms with Gasteiger partial charge >= 0.3 is 0 Å². The minimum atomic E-state index is -0.901. The summed E-state index contributed by atoms with van der Waals surface area (Å²) in [6.07, 6.45) is -0.379. The number of rotatable bonds is 10. The van der Waals surface area contributed by atoms with E-state index in [-0.39, 0.29) is 29.6 Å². The Morgan fingerprint density at radius 2 is 1.76 bits per heavy atom. The average molecular weight is 521 g/mol. The fourth-order valence-electron chi connectivity index (χ4n) is 4.52. The molecule has 1 heterocycles. The minimum Gasteiger partial charge on any atom is -0.491 e. The van der Waals surface area contributed by atoms with Crippen molar-refractivity contribution in [2.75, 3.05) is 18.5 Å². The van der Waals surface area contributed by atoms with E-state index in [4.69, 9.17) is 9.84 Å². The lowest BCUT2D eigenvalue weighted by Gasteiger charge is -2.18. The van der Waals surface area contributed by atoms with Gasteiger partial charge in [-0.05, 0) is 90.4 Å². The van der Waals surface area contributed by atoms with Crippen molar-refractivity contribution in [3.05, 3.63) is 82.4 Å². The molecular formula is C29H32N2O5S. The van der Waals surface area contributed by atoms with Crippen LogP contribution in [0, 0.1) is 20.8 Å². The maximum absolute atomic E-state index is 11.8. The number of aliphatic hydroxyl groups excluding tert-OH is 2. The van der Waals surface area contributed by atoms with Gasteiger partial charge in [0.1, 0.15) is 18.5 Å². The number of thioether (sulfide) groups is 1. The Labute approximate surface area is 221 Å². The van der Waals surface area contributed by atoms with E-state index >= 15 is 0 Å². The number of imide groups is 1. The molecule has 0 aromatic heterocycles. The molecule has 1 aliphatic heterocycles. The molecule has 3 aromatic carbocycles. The lowest BCUT2D eigenvalue weighted by atomic mass is 9.90. The fourth-order valence-corrected chi connectivity index (χ4v) is 5.38. The normalized spacial score (nSPS) is 16.0. The average Bonchev–Trinajstić information content (AvgIpc) is 3.19. The van der Waals surface area contributed by atoms with Crippen molar-refractivity contribution < 1.29 is 24.5 Å². The molecule has 37 heavy (non-hydrogen) atoms. The Bertz CT molecular complexity index is 1270. The van der Waals surface area contributed by atoms with E-state index in [0.717, 1.165) is 45.3 Å². The topological polar surface area (TPSA) is 108 Å². The summed E-state index contributed by atoms with van der Waals surface area (Å²) in [7, 11) is 0. The van der Waals surface area contributed by atoms with Crippen LogP contribution in [0.5, 0.6) is 5.75 Å². The van der Waals surface area contributed by atoms with Gasteiger partial charge in [-0.25, -0.2) is 0 Å². The molecule has 0 bridgehead atoms. The predicted molar refractivity (Wildman–Crippen MR) is 147 cm³/mol.